The predicted molar refractivity (Wildman–Crippen MR) is 60.8 cm³/mol. The van der Waals surface area contributed by atoms with E-state index < -0.39 is 12.6 Å². The minimum Gasteiger partial charge on any atom is -0.480 e. The molecule has 18 heavy (non-hydrogen) atoms. The molecule has 1 heterocycles. The molecule has 0 aliphatic heterocycles. The van der Waals surface area contributed by atoms with Crippen molar-refractivity contribution in [3.63, 3.8) is 0 Å². The second-order valence-electron chi connectivity index (χ2n) is 4.91. The number of methoxy groups -OCH3 is 1. The summed E-state index contributed by atoms with van der Waals surface area (Å²) < 4.78 is 15.2. The molecule has 0 spiro atoms. The maximum absolute atomic E-state index is 10.3. The van der Waals surface area contributed by atoms with Gasteiger partial charge in [0.15, 0.2) is 0 Å². The van der Waals surface area contributed by atoms with Gasteiger partial charge in [-0.3, -0.25) is 0 Å². The third kappa shape index (κ3) is 4.08. The number of carboxylic acids is 1. The average Bonchev–Trinajstić information content (AvgIpc) is 2.64. The van der Waals surface area contributed by atoms with Crippen LogP contribution in [0.3, 0.4) is 0 Å². The largest absolute Gasteiger partial charge is 0.480 e. The number of hydrogen-bond donors (Lipinski definition) is 1. The fourth-order valence-electron chi connectivity index (χ4n) is 1.51. The Morgan fingerprint density at radius 2 is 2.17 bits per heavy atom. The highest BCUT2D eigenvalue weighted by Crippen LogP contribution is 2.33. The van der Waals surface area contributed by atoms with Crippen LogP contribution in [-0.2, 0) is 20.9 Å². The molecular weight excluding hydrogens is 240 g/mol. The minimum absolute atomic E-state index is 0.0279. The SMILES string of the molecule is COC(c1noc(COCC(=O)O)n1)C(C)(C)C. The molecule has 0 fully saturated rings. The van der Waals surface area contributed by atoms with Crippen molar-refractivity contribution in [2.45, 2.75) is 33.5 Å². The molecule has 102 valence electrons. The Kier molecular flexibility index (Phi) is 4.80. The van der Waals surface area contributed by atoms with Crippen molar-refractivity contribution in [1.29, 1.82) is 0 Å². The first-order valence-corrected chi connectivity index (χ1v) is 5.49. The van der Waals surface area contributed by atoms with Crippen LogP contribution >= 0.6 is 0 Å². The highest BCUT2D eigenvalue weighted by Gasteiger charge is 2.30. The molecule has 0 aromatic carbocycles. The van der Waals surface area contributed by atoms with Crippen molar-refractivity contribution in [2.75, 3.05) is 13.7 Å². The van der Waals surface area contributed by atoms with E-state index in [9.17, 15) is 4.79 Å². The number of aromatic nitrogens is 2. The van der Waals surface area contributed by atoms with Gasteiger partial charge in [0, 0.05) is 7.11 Å². The lowest BCUT2D eigenvalue weighted by atomic mass is 9.88. The van der Waals surface area contributed by atoms with Crippen molar-refractivity contribution < 1.29 is 23.9 Å². The van der Waals surface area contributed by atoms with Crippen molar-refractivity contribution >= 4 is 5.97 Å². The number of aliphatic carboxylic acids is 1. The molecule has 0 aliphatic rings. The summed E-state index contributed by atoms with van der Waals surface area (Å²) in [6.07, 6.45) is -0.297. The van der Waals surface area contributed by atoms with E-state index in [1.165, 1.54) is 0 Å². The van der Waals surface area contributed by atoms with Crippen molar-refractivity contribution in [2.24, 2.45) is 5.41 Å². The van der Waals surface area contributed by atoms with Crippen LogP contribution in [0.2, 0.25) is 0 Å². The normalized spacial score (nSPS) is 13.6. The lowest BCUT2D eigenvalue weighted by Crippen LogP contribution is -2.21. The predicted octanol–water partition coefficient (Wildman–Crippen LogP) is 1.40. The van der Waals surface area contributed by atoms with Gasteiger partial charge in [-0.15, -0.1) is 0 Å². The summed E-state index contributed by atoms with van der Waals surface area (Å²) >= 11 is 0. The Labute approximate surface area is 105 Å². The lowest BCUT2D eigenvalue weighted by Gasteiger charge is -2.26. The minimum atomic E-state index is -1.04. The van der Waals surface area contributed by atoms with Crippen molar-refractivity contribution in [1.82, 2.24) is 10.1 Å². The summed E-state index contributed by atoms with van der Waals surface area (Å²) in [5.74, 6) is -0.379. The average molecular weight is 258 g/mol. The zero-order valence-electron chi connectivity index (χ0n) is 11.0. The summed E-state index contributed by atoms with van der Waals surface area (Å²) in [7, 11) is 1.58. The third-order valence-electron chi connectivity index (χ3n) is 2.19. The van der Waals surface area contributed by atoms with Crippen molar-refractivity contribution in [3.05, 3.63) is 11.7 Å². The molecule has 1 unspecified atom stereocenters. The van der Waals surface area contributed by atoms with Gasteiger partial charge in [-0.2, -0.15) is 4.98 Å². The Hall–Kier alpha value is -1.47. The number of ether oxygens (including phenoxy) is 2. The van der Waals surface area contributed by atoms with Crippen LogP contribution in [0.25, 0.3) is 0 Å². The fourth-order valence-corrected chi connectivity index (χ4v) is 1.51. The molecule has 1 aromatic rings. The highest BCUT2D eigenvalue weighted by molar-refractivity contribution is 5.67. The second kappa shape index (κ2) is 5.92. The first kappa shape index (κ1) is 14.6. The quantitative estimate of drug-likeness (QED) is 0.824. The van der Waals surface area contributed by atoms with E-state index >= 15 is 0 Å². The zero-order valence-corrected chi connectivity index (χ0v) is 11.0. The van der Waals surface area contributed by atoms with E-state index in [-0.39, 0.29) is 24.0 Å². The lowest BCUT2D eigenvalue weighted by molar-refractivity contribution is -0.142. The van der Waals surface area contributed by atoms with Crippen LogP contribution in [-0.4, -0.2) is 34.9 Å². The first-order valence-electron chi connectivity index (χ1n) is 5.49. The molecule has 0 saturated carbocycles. The summed E-state index contributed by atoms with van der Waals surface area (Å²) in [4.78, 5) is 14.4. The molecule has 1 aromatic heterocycles. The molecule has 1 atom stereocenters. The number of hydrogen-bond acceptors (Lipinski definition) is 6. The number of carboxylic acid groups (broad SMARTS) is 1. The summed E-state index contributed by atoms with van der Waals surface area (Å²) in [5.41, 5.74) is -0.169. The molecule has 0 saturated heterocycles. The Morgan fingerprint density at radius 1 is 1.50 bits per heavy atom. The first-order chi connectivity index (χ1) is 8.34. The molecule has 7 nitrogen and oxygen atoms in total. The van der Waals surface area contributed by atoms with Crippen LogP contribution in [0.1, 0.15) is 38.6 Å². The molecule has 0 aliphatic carbocycles. The van der Waals surface area contributed by atoms with Crippen LogP contribution < -0.4 is 0 Å². The maximum atomic E-state index is 10.3. The van der Waals surface area contributed by atoms with Crippen LogP contribution in [0.15, 0.2) is 4.52 Å². The van der Waals surface area contributed by atoms with E-state index in [2.05, 4.69) is 10.1 Å². The molecule has 0 radical (unpaired) electrons. The Bertz CT molecular complexity index is 396. The third-order valence-corrected chi connectivity index (χ3v) is 2.19. The van der Waals surface area contributed by atoms with Gasteiger partial charge in [-0.05, 0) is 5.41 Å². The van der Waals surface area contributed by atoms with E-state index in [0.717, 1.165) is 0 Å². The van der Waals surface area contributed by atoms with Crippen LogP contribution in [0.4, 0.5) is 0 Å². The topological polar surface area (TPSA) is 94.7 Å². The van der Waals surface area contributed by atoms with Gasteiger partial charge in [0.1, 0.15) is 19.3 Å². The molecule has 1 N–H and O–H groups in total. The van der Waals surface area contributed by atoms with Gasteiger partial charge in [0.25, 0.3) is 5.89 Å². The van der Waals surface area contributed by atoms with E-state index in [4.69, 9.17) is 19.1 Å². The van der Waals surface area contributed by atoms with E-state index in [0.29, 0.717) is 5.82 Å². The molecule has 7 heteroatoms. The van der Waals surface area contributed by atoms with Gasteiger partial charge in [0.2, 0.25) is 5.82 Å². The molecule has 0 bridgehead atoms. The van der Waals surface area contributed by atoms with E-state index in [1.54, 1.807) is 7.11 Å². The smallest absolute Gasteiger partial charge is 0.329 e. The number of rotatable bonds is 6. The number of carbonyl (C=O) groups is 1. The van der Waals surface area contributed by atoms with Gasteiger partial charge < -0.3 is 19.1 Å². The highest BCUT2D eigenvalue weighted by atomic mass is 16.5. The van der Waals surface area contributed by atoms with Gasteiger partial charge in [-0.1, -0.05) is 25.9 Å². The van der Waals surface area contributed by atoms with E-state index in [1.807, 2.05) is 20.8 Å². The Balaban J connectivity index is 2.64. The molecule has 0 amide bonds. The fraction of sp³-hybridized carbons (Fsp3) is 0.727. The monoisotopic (exact) mass is 258 g/mol. The molecular formula is C11H18N2O5. The number of nitrogens with zero attached hydrogens (tertiary/aromatic N) is 2. The Morgan fingerprint density at radius 3 is 2.67 bits per heavy atom. The second-order valence-corrected chi connectivity index (χ2v) is 4.91. The van der Waals surface area contributed by atoms with Crippen LogP contribution in [0, 0.1) is 5.41 Å². The summed E-state index contributed by atoms with van der Waals surface area (Å²) in [6.45, 7) is 5.57. The van der Waals surface area contributed by atoms with Gasteiger partial charge in [0.05, 0.1) is 0 Å². The van der Waals surface area contributed by atoms with Crippen LogP contribution in [0.5, 0.6) is 0 Å². The zero-order chi connectivity index (χ0) is 13.8. The van der Waals surface area contributed by atoms with Gasteiger partial charge in [-0.25, -0.2) is 4.79 Å². The standard InChI is InChI=1S/C11H18N2O5/c1-11(2,3)9(16-4)10-12-7(18-13-10)5-17-6-8(14)15/h9H,5-6H2,1-4H3,(H,14,15). The summed E-state index contributed by atoms with van der Waals surface area (Å²) in [6, 6.07) is 0. The summed E-state index contributed by atoms with van der Waals surface area (Å²) in [5, 5.41) is 12.2. The maximum Gasteiger partial charge on any atom is 0.329 e. The van der Waals surface area contributed by atoms with Crippen molar-refractivity contribution in [3.8, 4) is 0 Å². The van der Waals surface area contributed by atoms with Gasteiger partial charge >= 0.3 is 5.97 Å². The molecule has 1 rings (SSSR count).